The molecule has 3 heterocycles. The van der Waals surface area contributed by atoms with Gasteiger partial charge in [-0.1, -0.05) is 72.8 Å². The van der Waals surface area contributed by atoms with Gasteiger partial charge in [0.05, 0.1) is 23.3 Å². The van der Waals surface area contributed by atoms with Crippen LogP contribution >= 0.6 is 0 Å². The maximum atomic E-state index is 6.18. The molecular formula is C25H21N7. The standard InChI is InChI=1S/C25H21N7/c26-24-28-23(32-21-14-8-7-13-20(21)27-25(32)29-24)19-16-31(15-17-9-3-1-4-10-17)30-22(19)18-11-5-2-6-12-18/h1-14,16,23H,15H2,(H3,26,27,28,29)/t23-/m0/s1. The topological polar surface area (TPSA) is 86.0 Å². The third-order valence-corrected chi connectivity index (χ3v) is 5.64. The van der Waals surface area contributed by atoms with Gasteiger partial charge in [0.2, 0.25) is 5.95 Å². The molecule has 0 spiro atoms. The van der Waals surface area contributed by atoms with E-state index in [9.17, 15) is 0 Å². The van der Waals surface area contributed by atoms with Gasteiger partial charge in [-0.2, -0.15) is 5.10 Å². The average molecular weight is 419 g/mol. The molecule has 0 saturated heterocycles. The van der Waals surface area contributed by atoms with Gasteiger partial charge in [-0.25, -0.2) is 9.98 Å². The number of imidazole rings is 1. The van der Waals surface area contributed by atoms with E-state index in [-0.39, 0.29) is 6.17 Å². The Kier molecular flexibility index (Phi) is 4.24. The van der Waals surface area contributed by atoms with Crippen molar-refractivity contribution in [1.29, 1.82) is 0 Å². The molecule has 0 aliphatic carbocycles. The molecule has 3 aromatic carbocycles. The highest BCUT2D eigenvalue weighted by atomic mass is 15.4. The van der Waals surface area contributed by atoms with E-state index in [4.69, 9.17) is 20.8 Å². The van der Waals surface area contributed by atoms with Crippen LogP contribution in [0.1, 0.15) is 17.3 Å². The Labute approximate surface area is 184 Å². The minimum absolute atomic E-state index is 0.340. The number of nitrogens with zero attached hydrogens (tertiary/aromatic N) is 5. The second-order valence-corrected chi connectivity index (χ2v) is 7.79. The zero-order valence-electron chi connectivity index (χ0n) is 17.3. The SMILES string of the molecule is NC1=N[C@H](c2cn(Cc3ccccc3)nc2-c2ccccc2)n2c(nc3ccccc32)N1. The van der Waals surface area contributed by atoms with Gasteiger partial charge in [-0.3, -0.25) is 14.6 Å². The fourth-order valence-electron chi connectivity index (χ4n) is 4.22. The number of hydrogen-bond acceptors (Lipinski definition) is 5. The largest absolute Gasteiger partial charge is 0.370 e. The van der Waals surface area contributed by atoms with Crippen LogP contribution < -0.4 is 11.1 Å². The number of nitrogens with one attached hydrogen (secondary N) is 1. The maximum Gasteiger partial charge on any atom is 0.212 e. The first-order chi connectivity index (χ1) is 15.8. The number of fused-ring (bicyclic) bond motifs is 3. The molecule has 3 N–H and O–H groups in total. The summed E-state index contributed by atoms with van der Waals surface area (Å²) in [6.07, 6.45) is 1.69. The molecule has 0 amide bonds. The van der Waals surface area contributed by atoms with Gasteiger partial charge in [0.25, 0.3) is 0 Å². The third-order valence-electron chi connectivity index (χ3n) is 5.64. The number of benzene rings is 3. The second-order valence-electron chi connectivity index (χ2n) is 7.79. The van der Waals surface area contributed by atoms with Crippen molar-refractivity contribution in [2.24, 2.45) is 10.7 Å². The van der Waals surface area contributed by atoms with Crippen molar-refractivity contribution >= 4 is 22.9 Å². The first-order valence-corrected chi connectivity index (χ1v) is 10.5. The third kappa shape index (κ3) is 3.11. The normalized spacial score (nSPS) is 15.2. The monoisotopic (exact) mass is 419 g/mol. The quantitative estimate of drug-likeness (QED) is 0.456. The van der Waals surface area contributed by atoms with E-state index in [2.05, 4.69) is 40.3 Å². The van der Waals surface area contributed by atoms with Crippen molar-refractivity contribution in [2.75, 3.05) is 5.32 Å². The van der Waals surface area contributed by atoms with Gasteiger partial charge in [-0.15, -0.1) is 0 Å². The van der Waals surface area contributed by atoms with Gasteiger partial charge in [-0.05, 0) is 17.7 Å². The summed E-state index contributed by atoms with van der Waals surface area (Å²) in [5, 5.41) is 8.07. The summed E-state index contributed by atoms with van der Waals surface area (Å²) in [5.41, 5.74) is 12.1. The molecule has 6 rings (SSSR count). The predicted molar refractivity (Wildman–Crippen MR) is 126 cm³/mol. The number of para-hydroxylation sites is 2. The number of guanidine groups is 1. The molecule has 1 aliphatic heterocycles. The molecule has 0 saturated carbocycles. The smallest absolute Gasteiger partial charge is 0.212 e. The number of hydrogen-bond donors (Lipinski definition) is 2. The molecule has 7 nitrogen and oxygen atoms in total. The van der Waals surface area contributed by atoms with Crippen LogP contribution in [0.5, 0.6) is 0 Å². The van der Waals surface area contributed by atoms with Gasteiger partial charge in [0, 0.05) is 17.3 Å². The molecule has 5 aromatic rings. The number of aromatic nitrogens is 4. The summed E-state index contributed by atoms with van der Waals surface area (Å²) in [6.45, 7) is 0.669. The fourth-order valence-corrected chi connectivity index (χ4v) is 4.22. The van der Waals surface area contributed by atoms with Gasteiger partial charge in [0.15, 0.2) is 12.1 Å². The Bertz CT molecular complexity index is 1430. The van der Waals surface area contributed by atoms with Crippen LogP contribution in [0.15, 0.2) is 96.1 Å². The molecule has 2 aromatic heterocycles. The lowest BCUT2D eigenvalue weighted by atomic mass is 10.1. The number of anilines is 1. The summed E-state index contributed by atoms with van der Waals surface area (Å²) in [4.78, 5) is 9.50. The van der Waals surface area contributed by atoms with Crippen molar-refractivity contribution < 1.29 is 0 Å². The molecule has 7 heteroatoms. The Morgan fingerprint density at radius 2 is 1.59 bits per heavy atom. The highest BCUT2D eigenvalue weighted by molar-refractivity contribution is 5.95. The van der Waals surface area contributed by atoms with Crippen molar-refractivity contribution in [3.8, 4) is 11.3 Å². The van der Waals surface area contributed by atoms with Crippen molar-refractivity contribution in [2.45, 2.75) is 12.7 Å². The van der Waals surface area contributed by atoms with Crippen molar-refractivity contribution in [1.82, 2.24) is 19.3 Å². The zero-order valence-corrected chi connectivity index (χ0v) is 17.3. The summed E-state index contributed by atoms with van der Waals surface area (Å²) >= 11 is 0. The molecule has 1 aliphatic rings. The molecule has 0 bridgehead atoms. The van der Waals surface area contributed by atoms with Gasteiger partial charge < -0.3 is 5.73 Å². The summed E-state index contributed by atoms with van der Waals surface area (Å²) in [5.74, 6) is 1.02. The van der Waals surface area contributed by atoms with Gasteiger partial charge in [0.1, 0.15) is 0 Å². The van der Waals surface area contributed by atoms with E-state index < -0.39 is 0 Å². The first-order valence-electron chi connectivity index (χ1n) is 10.5. The lowest BCUT2D eigenvalue weighted by Gasteiger charge is -2.23. The van der Waals surface area contributed by atoms with E-state index in [0.29, 0.717) is 18.5 Å². The summed E-state index contributed by atoms with van der Waals surface area (Å²) in [6, 6.07) is 28.5. The van der Waals surface area contributed by atoms with E-state index in [1.165, 1.54) is 5.56 Å². The fraction of sp³-hybridized carbons (Fsp3) is 0.0800. The molecule has 0 radical (unpaired) electrons. The lowest BCUT2D eigenvalue weighted by Crippen LogP contribution is -2.31. The number of aliphatic imine (C=N–C) groups is 1. The second kappa shape index (κ2) is 7.39. The minimum Gasteiger partial charge on any atom is -0.370 e. The van der Waals surface area contributed by atoms with Crippen LogP contribution in [-0.2, 0) is 6.54 Å². The van der Waals surface area contributed by atoms with Gasteiger partial charge >= 0.3 is 0 Å². The number of nitrogens with two attached hydrogens (primary N) is 1. The van der Waals surface area contributed by atoms with Crippen LogP contribution in [0.25, 0.3) is 22.3 Å². The van der Waals surface area contributed by atoms with E-state index in [0.717, 1.165) is 27.9 Å². The van der Waals surface area contributed by atoms with Crippen LogP contribution in [0.4, 0.5) is 5.95 Å². The van der Waals surface area contributed by atoms with Crippen LogP contribution in [-0.4, -0.2) is 25.3 Å². The molecular weight excluding hydrogens is 398 g/mol. The average Bonchev–Trinajstić information content (AvgIpc) is 3.41. The Hall–Kier alpha value is -4.39. The molecule has 0 unspecified atom stereocenters. The first kappa shape index (κ1) is 18.4. The maximum absolute atomic E-state index is 6.18. The Morgan fingerprint density at radius 3 is 2.41 bits per heavy atom. The van der Waals surface area contributed by atoms with Crippen molar-refractivity contribution in [3.63, 3.8) is 0 Å². The van der Waals surface area contributed by atoms with Crippen LogP contribution in [0, 0.1) is 0 Å². The molecule has 0 fully saturated rings. The van der Waals surface area contributed by atoms with Crippen molar-refractivity contribution in [3.05, 3.63) is 102 Å². The molecule has 156 valence electrons. The zero-order chi connectivity index (χ0) is 21.5. The Morgan fingerprint density at radius 1 is 0.875 bits per heavy atom. The molecule has 32 heavy (non-hydrogen) atoms. The number of rotatable bonds is 4. The van der Waals surface area contributed by atoms with E-state index in [1.807, 2.05) is 65.3 Å². The summed E-state index contributed by atoms with van der Waals surface area (Å²) < 4.78 is 4.06. The summed E-state index contributed by atoms with van der Waals surface area (Å²) in [7, 11) is 0. The van der Waals surface area contributed by atoms with Crippen LogP contribution in [0.2, 0.25) is 0 Å². The lowest BCUT2D eigenvalue weighted by molar-refractivity contribution is 0.623. The highest BCUT2D eigenvalue weighted by Crippen LogP contribution is 2.36. The Balaban J connectivity index is 1.54. The van der Waals surface area contributed by atoms with E-state index in [1.54, 1.807) is 0 Å². The predicted octanol–water partition coefficient (Wildman–Crippen LogP) is 4.24. The van der Waals surface area contributed by atoms with E-state index >= 15 is 0 Å². The van der Waals surface area contributed by atoms with Crippen LogP contribution in [0.3, 0.4) is 0 Å². The molecule has 1 atom stereocenters. The highest BCUT2D eigenvalue weighted by Gasteiger charge is 2.29. The minimum atomic E-state index is -0.377.